The lowest BCUT2D eigenvalue weighted by molar-refractivity contribution is 0.165. The first-order valence-electron chi connectivity index (χ1n) is 5.59. The number of aliphatic hydroxyl groups excluding tert-OH is 1. The van der Waals surface area contributed by atoms with Crippen molar-refractivity contribution in [3.63, 3.8) is 0 Å². The minimum Gasteiger partial charge on any atom is -0.388 e. The summed E-state index contributed by atoms with van der Waals surface area (Å²) >= 11 is 0. The normalized spacial score (nSPS) is 18.1. The summed E-state index contributed by atoms with van der Waals surface area (Å²) in [5.74, 6) is 0.734. The molecule has 1 fully saturated rings. The quantitative estimate of drug-likeness (QED) is 0.771. The van der Waals surface area contributed by atoms with Crippen LogP contribution in [0.1, 0.15) is 55.8 Å². The van der Waals surface area contributed by atoms with Gasteiger partial charge in [-0.05, 0) is 36.3 Å². The zero-order chi connectivity index (χ0) is 9.97. The van der Waals surface area contributed by atoms with Gasteiger partial charge in [0.2, 0.25) is 0 Å². The van der Waals surface area contributed by atoms with Gasteiger partial charge in [-0.2, -0.15) is 0 Å². The van der Waals surface area contributed by atoms with Crippen LogP contribution >= 0.6 is 0 Å². The first kappa shape index (κ1) is 9.72. The molecular weight excluding hydrogens is 172 g/mol. The molecule has 0 spiro atoms. The molecule has 0 amide bonds. The van der Waals surface area contributed by atoms with Crippen molar-refractivity contribution in [2.75, 3.05) is 0 Å². The van der Waals surface area contributed by atoms with Crippen molar-refractivity contribution >= 4 is 0 Å². The lowest BCUT2D eigenvalue weighted by Crippen LogP contribution is -2.00. The maximum Gasteiger partial charge on any atom is 0.0792 e. The summed E-state index contributed by atoms with van der Waals surface area (Å²) in [6, 6.07) is 8.36. The molecule has 1 heteroatoms. The molecule has 0 aromatic heterocycles. The molecule has 1 aliphatic carbocycles. The van der Waals surface area contributed by atoms with Crippen molar-refractivity contribution in [3.8, 4) is 0 Å². The Balaban J connectivity index is 2.21. The van der Waals surface area contributed by atoms with Crippen LogP contribution in [0.5, 0.6) is 0 Å². The summed E-state index contributed by atoms with van der Waals surface area (Å²) in [5, 5.41) is 9.98. The standard InChI is InChI=1S/C13H18O/c1-2-5-13(14)12-7-4-3-6-11(12)10-8-9-10/h3-4,6-7,10,13-14H,2,5,8-9H2,1H3. The lowest BCUT2D eigenvalue weighted by atomic mass is 9.96. The molecule has 1 N–H and O–H groups in total. The summed E-state index contributed by atoms with van der Waals surface area (Å²) in [6.45, 7) is 2.11. The van der Waals surface area contributed by atoms with Gasteiger partial charge in [-0.3, -0.25) is 0 Å². The number of benzene rings is 1. The Morgan fingerprint density at radius 2 is 2.07 bits per heavy atom. The Bertz CT molecular complexity index is 302. The average molecular weight is 190 g/mol. The fourth-order valence-electron chi connectivity index (χ4n) is 2.01. The first-order valence-corrected chi connectivity index (χ1v) is 5.59. The minimum absolute atomic E-state index is 0.253. The fraction of sp³-hybridized carbons (Fsp3) is 0.538. The highest BCUT2D eigenvalue weighted by atomic mass is 16.3. The van der Waals surface area contributed by atoms with Gasteiger partial charge < -0.3 is 5.11 Å². The van der Waals surface area contributed by atoms with E-state index in [0.29, 0.717) is 0 Å². The maximum atomic E-state index is 9.98. The first-order chi connectivity index (χ1) is 6.83. The van der Waals surface area contributed by atoms with Gasteiger partial charge >= 0.3 is 0 Å². The van der Waals surface area contributed by atoms with Gasteiger partial charge in [0.15, 0.2) is 0 Å². The molecule has 0 aliphatic heterocycles. The minimum atomic E-state index is -0.253. The molecule has 1 unspecified atom stereocenters. The van der Waals surface area contributed by atoms with Gasteiger partial charge in [-0.25, -0.2) is 0 Å². The number of hydrogen-bond acceptors (Lipinski definition) is 1. The fourth-order valence-corrected chi connectivity index (χ4v) is 2.01. The van der Waals surface area contributed by atoms with Crippen LogP contribution in [0, 0.1) is 0 Å². The molecule has 0 saturated heterocycles. The van der Waals surface area contributed by atoms with E-state index in [2.05, 4.69) is 25.1 Å². The van der Waals surface area contributed by atoms with Crippen LogP contribution in [0.4, 0.5) is 0 Å². The number of aliphatic hydroxyl groups is 1. The van der Waals surface area contributed by atoms with E-state index in [0.717, 1.165) is 24.3 Å². The summed E-state index contributed by atoms with van der Waals surface area (Å²) in [4.78, 5) is 0. The zero-order valence-electron chi connectivity index (χ0n) is 8.74. The highest BCUT2D eigenvalue weighted by Gasteiger charge is 2.27. The van der Waals surface area contributed by atoms with Crippen molar-refractivity contribution in [2.24, 2.45) is 0 Å². The molecule has 1 saturated carbocycles. The van der Waals surface area contributed by atoms with Crippen molar-refractivity contribution in [2.45, 2.75) is 44.6 Å². The Morgan fingerprint density at radius 3 is 2.71 bits per heavy atom. The molecule has 1 aromatic rings. The third-order valence-electron chi connectivity index (χ3n) is 2.93. The maximum absolute atomic E-state index is 9.98. The van der Waals surface area contributed by atoms with Crippen molar-refractivity contribution in [1.82, 2.24) is 0 Å². The molecule has 14 heavy (non-hydrogen) atoms. The molecule has 76 valence electrons. The molecule has 1 nitrogen and oxygen atoms in total. The Kier molecular flexibility index (Phi) is 2.87. The summed E-state index contributed by atoms with van der Waals surface area (Å²) < 4.78 is 0. The van der Waals surface area contributed by atoms with E-state index in [9.17, 15) is 5.11 Å². The van der Waals surface area contributed by atoms with Crippen molar-refractivity contribution < 1.29 is 5.11 Å². The van der Waals surface area contributed by atoms with Crippen LogP contribution in [0.15, 0.2) is 24.3 Å². The summed E-state index contributed by atoms with van der Waals surface area (Å²) in [6.07, 6.45) is 4.27. The molecule has 0 radical (unpaired) electrons. The Hall–Kier alpha value is -0.820. The summed E-state index contributed by atoms with van der Waals surface area (Å²) in [7, 11) is 0. The predicted molar refractivity (Wildman–Crippen MR) is 58.3 cm³/mol. The van der Waals surface area contributed by atoms with E-state index in [1.807, 2.05) is 6.07 Å². The second-order valence-corrected chi connectivity index (χ2v) is 4.21. The highest BCUT2D eigenvalue weighted by molar-refractivity contribution is 5.34. The van der Waals surface area contributed by atoms with E-state index < -0.39 is 0 Å². The SMILES string of the molecule is CCCC(O)c1ccccc1C1CC1. The van der Waals surface area contributed by atoms with Gasteiger partial charge in [0.05, 0.1) is 6.10 Å². The van der Waals surface area contributed by atoms with Gasteiger partial charge in [0.25, 0.3) is 0 Å². The van der Waals surface area contributed by atoms with Gasteiger partial charge in [0.1, 0.15) is 0 Å². The third kappa shape index (κ3) is 1.98. The lowest BCUT2D eigenvalue weighted by Gasteiger charge is -2.14. The van der Waals surface area contributed by atoms with Crippen LogP contribution in [0.25, 0.3) is 0 Å². The Labute approximate surface area is 85.8 Å². The van der Waals surface area contributed by atoms with E-state index in [1.165, 1.54) is 18.4 Å². The second kappa shape index (κ2) is 4.14. The summed E-state index contributed by atoms with van der Waals surface area (Å²) in [5.41, 5.74) is 2.55. The van der Waals surface area contributed by atoms with E-state index >= 15 is 0 Å². The van der Waals surface area contributed by atoms with Gasteiger partial charge in [-0.1, -0.05) is 37.6 Å². The molecule has 1 aromatic carbocycles. The van der Waals surface area contributed by atoms with Crippen molar-refractivity contribution in [3.05, 3.63) is 35.4 Å². The zero-order valence-corrected chi connectivity index (χ0v) is 8.74. The molecule has 0 bridgehead atoms. The van der Waals surface area contributed by atoms with Gasteiger partial charge in [0, 0.05) is 0 Å². The number of rotatable bonds is 4. The van der Waals surface area contributed by atoms with Crippen LogP contribution in [0.2, 0.25) is 0 Å². The molecular formula is C13H18O. The van der Waals surface area contributed by atoms with Crippen molar-refractivity contribution in [1.29, 1.82) is 0 Å². The van der Waals surface area contributed by atoms with Crippen LogP contribution in [-0.2, 0) is 0 Å². The topological polar surface area (TPSA) is 20.2 Å². The van der Waals surface area contributed by atoms with E-state index in [1.54, 1.807) is 0 Å². The van der Waals surface area contributed by atoms with Crippen LogP contribution in [0.3, 0.4) is 0 Å². The molecule has 1 aliphatic rings. The predicted octanol–water partition coefficient (Wildman–Crippen LogP) is 3.40. The van der Waals surface area contributed by atoms with Crippen LogP contribution in [-0.4, -0.2) is 5.11 Å². The highest BCUT2D eigenvalue weighted by Crippen LogP contribution is 2.43. The molecule has 0 heterocycles. The second-order valence-electron chi connectivity index (χ2n) is 4.21. The van der Waals surface area contributed by atoms with Crippen LogP contribution < -0.4 is 0 Å². The smallest absolute Gasteiger partial charge is 0.0792 e. The third-order valence-corrected chi connectivity index (χ3v) is 2.93. The van der Waals surface area contributed by atoms with E-state index in [-0.39, 0.29) is 6.10 Å². The molecule has 1 atom stereocenters. The largest absolute Gasteiger partial charge is 0.388 e. The van der Waals surface area contributed by atoms with Gasteiger partial charge in [-0.15, -0.1) is 0 Å². The Morgan fingerprint density at radius 1 is 1.36 bits per heavy atom. The monoisotopic (exact) mass is 190 g/mol. The van der Waals surface area contributed by atoms with E-state index in [4.69, 9.17) is 0 Å². The molecule has 2 rings (SSSR count). The number of hydrogen-bond donors (Lipinski definition) is 1. The average Bonchev–Trinajstić information content (AvgIpc) is 3.01.